The summed E-state index contributed by atoms with van der Waals surface area (Å²) in [7, 11) is 0. The summed E-state index contributed by atoms with van der Waals surface area (Å²) in [5.41, 5.74) is 8.15. The van der Waals surface area contributed by atoms with E-state index >= 15 is 0 Å². The van der Waals surface area contributed by atoms with Crippen molar-refractivity contribution in [2.45, 2.75) is 6.92 Å². The molecule has 3 aromatic heterocycles. The molecule has 0 spiro atoms. The first-order valence-corrected chi connectivity index (χ1v) is 8.96. The smallest absolute Gasteiger partial charge is 0.252 e. The molecule has 0 atom stereocenters. The van der Waals surface area contributed by atoms with Crippen molar-refractivity contribution < 1.29 is 4.79 Å². The largest absolute Gasteiger partial charge is 0.365 e. The number of nitrogens with two attached hydrogens (primary N) is 1. The fourth-order valence-corrected chi connectivity index (χ4v) is 4.17. The molecular weight excluding hydrogens is 336 g/mol. The molecule has 0 unspecified atom stereocenters. The summed E-state index contributed by atoms with van der Waals surface area (Å²) in [4.78, 5) is 29.3. The highest BCUT2D eigenvalue weighted by Crippen LogP contribution is 2.31. The molecule has 4 rings (SSSR count). The number of piperazine rings is 1. The van der Waals surface area contributed by atoms with Gasteiger partial charge in [0.2, 0.25) is 0 Å². The second-order valence-electron chi connectivity index (χ2n) is 6.01. The SMILES string of the molecule is Cc1csc2c(N3CCN(c4ncccc4C(N)=O)CC3)ncnc12. The number of hydrogen-bond donors (Lipinski definition) is 1. The molecule has 1 saturated heterocycles. The van der Waals surface area contributed by atoms with Gasteiger partial charge in [0.1, 0.15) is 18.0 Å². The number of aryl methyl sites for hydroxylation is 1. The number of nitrogens with zero attached hydrogens (tertiary/aromatic N) is 5. The van der Waals surface area contributed by atoms with Crippen LogP contribution in [0.15, 0.2) is 30.0 Å². The molecule has 1 aliphatic rings. The Labute approximate surface area is 149 Å². The summed E-state index contributed by atoms with van der Waals surface area (Å²) in [6, 6.07) is 3.45. The van der Waals surface area contributed by atoms with Crippen LogP contribution in [0.4, 0.5) is 11.6 Å². The molecule has 8 heteroatoms. The van der Waals surface area contributed by atoms with Crippen LogP contribution in [0.25, 0.3) is 10.2 Å². The summed E-state index contributed by atoms with van der Waals surface area (Å²) in [6.07, 6.45) is 3.32. The van der Waals surface area contributed by atoms with Gasteiger partial charge in [0.05, 0.1) is 15.8 Å². The van der Waals surface area contributed by atoms with Crippen molar-refractivity contribution in [1.29, 1.82) is 0 Å². The quantitative estimate of drug-likeness (QED) is 0.772. The second kappa shape index (κ2) is 6.29. The number of amides is 1. The standard InChI is InChI=1S/C17H18N6OS/c1-11-9-25-14-13(11)20-10-21-17(14)23-7-5-22(6-8-23)16-12(15(18)24)3-2-4-19-16/h2-4,9-10H,5-8H2,1H3,(H2,18,24). The van der Waals surface area contributed by atoms with Gasteiger partial charge in [0.15, 0.2) is 0 Å². The van der Waals surface area contributed by atoms with Gasteiger partial charge in [-0.05, 0) is 30.0 Å². The summed E-state index contributed by atoms with van der Waals surface area (Å²) >= 11 is 1.68. The Morgan fingerprint density at radius 2 is 1.84 bits per heavy atom. The molecule has 1 aliphatic heterocycles. The number of fused-ring (bicyclic) bond motifs is 1. The van der Waals surface area contributed by atoms with Crippen LogP contribution in [0, 0.1) is 6.92 Å². The first kappa shape index (κ1) is 15.8. The van der Waals surface area contributed by atoms with Crippen LogP contribution in [0.1, 0.15) is 15.9 Å². The average Bonchev–Trinajstić information content (AvgIpc) is 3.03. The Morgan fingerprint density at radius 1 is 1.12 bits per heavy atom. The molecule has 2 N–H and O–H groups in total. The summed E-state index contributed by atoms with van der Waals surface area (Å²) in [6.45, 7) is 5.19. The van der Waals surface area contributed by atoms with E-state index in [0.717, 1.165) is 42.2 Å². The van der Waals surface area contributed by atoms with Gasteiger partial charge in [-0.3, -0.25) is 4.79 Å². The van der Waals surface area contributed by atoms with Crippen molar-refractivity contribution in [2.75, 3.05) is 36.0 Å². The van der Waals surface area contributed by atoms with Gasteiger partial charge >= 0.3 is 0 Å². The van der Waals surface area contributed by atoms with E-state index in [-0.39, 0.29) is 0 Å². The maximum atomic E-state index is 11.6. The second-order valence-corrected chi connectivity index (χ2v) is 6.89. The van der Waals surface area contributed by atoms with Crippen LogP contribution in [0.5, 0.6) is 0 Å². The van der Waals surface area contributed by atoms with Crippen molar-refractivity contribution in [3.63, 3.8) is 0 Å². The zero-order chi connectivity index (χ0) is 17.4. The molecule has 7 nitrogen and oxygen atoms in total. The van der Waals surface area contributed by atoms with Gasteiger partial charge in [-0.25, -0.2) is 15.0 Å². The maximum Gasteiger partial charge on any atom is 0.252 e. The number of carbonyl (C=O) groups excluding carboxylic acids is 1. The van der Waals surface area contributed by atoms with Crippen molar-refractivity contribution in [1.82, 2.24) is 15.0 Å². The zero-order valence-corrected chi connectivity index (χ0v) is 14.7. The van der Waals surface area contributed by atoms with Gasteiger partial charge in [-0.1, -0.05) is 0 Å². The third-order valence-corrected chi connectivity index (χ3v) is 5.53. The molecular formula is C17H18N6OS. The lowest BCUT2D eigenvalue weighted by molar-refractivity contribution is 0.100. The molecule has 1 fully saturated rings. The average molecular weight is 354 g/mol. The predicted octanol–water partition coefficient (Wildman–Crippen LogP) is 1.82. The summed E-state index contributed by atoms with van der Waals surface area (Å²) in [5, 5.41) is 2.12. The van der Waals surface area contributed by atoms with Gasteiger partial charge in [-0.15, -0.1) is 11.3 Å². The van der Waals surface area contributed by atoms with Crippen molar-refractivity contribution in [3.05, 3.63) is 41.2 Å². The number of rotatable bonds is 3. The van der Waals surface area contributed by atoms with Crippen LogP contribution in [0.2, 0.25) is 0 Å². The Balaban J connectivity index is 1.57. The van der Waals surface area contributed by atoms with Crippen LogP contribution >= 0.6 is 11.3 Å². The third kappa shape index (κ3) is 2.78. The molecule has 0 saturated carbocycles. The van der Waals surface area contributed by atoms with Crippen LogP contribution in [-0.4, -0.2) is 47.0 Å². The van der Waals surface area contributed by atoms with E-state index < -0.39 is 5.91 Å². The first-order valence-electron chi connectivity index (χ1n) is 8.08. The van der Waals surface area contributed by atoms with E-state index in [0.29, 0.717) is 11.4 Å². The van der Waals surface area contributed by atoms with E-state index in [9.17, 15) is 4.79 Å². The van der Waals surface area contributed by atoms with E-state index in [2.05, 4.69) is 37.1 Å². The third-order valence-electron chi connectivity index (χ3n) is 4.44. The Kier molecular flexibility index (Phi) is 3.96. The number of hydrogen-bond acceptors (Lipinski definition) is 7. The molecule has 4 heterocycles. The van der Waals surface area contributed by atoms with Crippen LogP contribution < -0.4 is 15.5 Å². The Bertz CT molecular complexity index is 932. The fourth-order valence-electron chi connectivity index (χ4n) is 3.15. The van der Waals surface area contributed by atoms with E-state index in [1.165, 1.54) is 5.56 Å². The lowest BCUT2D eigenvalue weighted by Crippen LogP contribution is -2.47. The zero-order valence-electron chi connectivity index (χ0n) is 13.8. The summed E-state index contributed by atoms with van der Waals surface area (Å²) < 4.78 is 1.13. The molecule has 0 aromatic carbocycles. The van der Waals surface area contributed by atoms with E-state index in [1.54, 1.807) is 36.0 Å². The number of anilines is 2. The minimum atomic E-state index is -0.447. The number of pyridine rings is 1. The van der Waals surface area contributed by atoms with Gasteiger partial charge in [0, 0.05) is 32.4 Å². The first-order chi connectivity index (χ1) is 12.1. The normalized spacial score (nSPS) is 14.9. The van der Waals surface area contributed by atoms with Gasteiger partial charge < -0.3 is 15.5 Å². The lowest BCUT2D eigenvalue weighted by atomic mass is 10.2. The molecule has 0 radical (unpaired) electrons. The predicted molar refractivity (Wildman–Crippen MR) is 99.3 cm³/mol. The highest BCUT2D eigenvalue weighted by molar-refractivity contribution is 7.18. The van der Waals surface area contributed by atoms with E-state index in [4.69, 9.17) is 5.73 Å². The van der Waals surface area contributed by atoms with E-state index in [1.807, 2.05) is 0 Å². The number of primary amides is 1. The maximum absolute atomic E-state index is 11.6. The molecule has 0 bridgehead atoms. The minimum Gasteiger partial charge on any atom is -0.365 e. The number of carbonyl (C=O) groups is 1. The van der Waals surface area contributed by atoms with Gasteiger partial charge in [0.25, 0.3) is 5.91 Å². The van der Waals surface area contributed by atoms with Crippen LogP contribution in [0.3, 0.4) is 0 Å². The molecule has 3 aromatic rings. The van der Waals surface area contributed by atoms with Gasteiger partial charge in [-0.2, -0.15) is 0 Å². The summed E-state index contributed by atoms with van der Waals surface area (Å²) in [5.74, 6) is 1.20. The molecule has 1 amide bonds. The monoisotopic (exact) mass is 354 g/mol. The van der Waals surface area contributed by atoms with Crippen molar-refractivity contribution in [3.8, 4) is 0 Å². The van der Waals surface area contributed by atoms with Crippen molar-refractivity contribution >= 4 is 39.1 Å². The fraction of sp³-hybridized carbons (Fsp3) is 0.294. The molecule has 0 aliphatic carbocycles. The van der Waals surface area contributed by atoms with Crippen LogP contribution in [-0.2, 0) is 0 Å². The highest BCUT2D eigenvalue weighted by Gasteiger charge is 2.24. The highest BCUT2D eigenvalue weighted by atomic mass is 32.1. The molecule has 25 heavy (non-hydrogen) atoms. The Hall–Kier alpha value is -2.74. The Morgan fingerprint density at radius 3 is 2.56 bits per heavy atom. The molecule has 128 valence electrons. The lowest BCUT2D eigenvalue weighted by Gasteiger charge is -2.36. The topological polar surface area (TPSA) is 88.2 Å². The minimum absolute atomic E-state index is 0.447. The number of aromatic nitrogens is 3. The van der Waals surface area contributed by atoms with Crippen molar-refractivity contribution in [2.24, 2.45) is 5.73 Å². The number of thiophene rings is 1.